The number of ether oxygens (including phenoxy) is 1. The molecule has 7 nitrogen and oxygen atoms in total. The molecule has 2 amide bonds. The number of rotatable bonds is 5. The molecular formula is C26H29ClN2O5S. The van der Waals surface area contributed by atoms with E-state index in [1.807, 2.05) is 38.1 Å². The van der Waals surface area contributed by atoms with E-state index in [1.54, 1.807) is 34.1 Å². The van der Waals surface area contributed by atoms with E-state index < -0.39 is 34.6 Å². The zero-order valence-electron chi connectivity index (χ0n) is 19.7. The number of para-hydroxylation sites is 1. The standard InChI is InChI=1S/C26H29ClN2O5S/c1-15(2)13-16(14-30)29-22-24(32)28(18-8-4-3-7-17(18)27)11-6-10-26(22)21(23(29)31)20-19(35-26)9-5-12-34-25(20)33/h3-10,15-16,19-22,30H,11-14H2,1-2H3/t16-,19+,20-,21+,22?,26+/m1/s1. The molecule has 1 spiro atoms. The second-order valence-electron chi connectivity index (χ2n) is 9.91. The maximum atomic E-state index is 14.3. The van der Waals surface area contributed by atoms with Gasteiger partial charge >= 0.3 is 5.97 Å². The van der Waals surface area contributed by atoms with E-state index >= 15 is 0 Å². The van der Waals surface area contributed by atoms with E-state index in [0.29, 0.717) is 23.7 Å². The lowest BCUT2D eigenvalue weighted by Gasteiger charge is -2.39. The van der Waals surface area contributed by atoms with Crippen molar-refractivity contribution in [1.29, 1.82) is 0 Å². The summed E-state index contributed by atoms with van der Waals surface area (Å²) in [6.45, 7) is 4.23. The molecule has 1 aromatic rings. The molecule has 35 heavy (non-hydrogen) atoms. The van der Waals surface area contributed by atoms with Crippen molar-refractivity contribution in [2.75, 3.05) is 24.7 Å². The number of benzene rings is 1. The highest BCUT2D eigenvalue weighted by Crippen LogP contribution is 2.61. The number of anilines is 1. The smallest absolute Gasteiger partial charge is 0.311 e. The number of thioether (sulfide) groups is 1. The number of hydrogen-bond acceptors (Lipinski definition) is 6. The summed E-state index contributed by atoms with van der Waals surface area (Å²) in [6.07, 6.45) is 8.11. The first kappa shape index (κ1) is 24.4. The summed E-state index contributed by atoms with van der Waals surface area (Å²) in [7, 11) is 0. The molecule has 0 radical (unpaired) electrons. The minimum absolute atomic E-state index is 0.176. The van der Waals surface area contributed by atoms with Gasteiger partial charge in [0.25, 0.3) is 5.91 Å². The largest absolute Gasteiger partial charge is 0.461 e. The zero-order valence-corrected chi connectivity index (χ0v) is 21.2. The lowest BCUT2D eigenvalue weighted by molar-refractivity contribution is -0.152. The van der Waals surface area contributed by atoms with Crippen LogP contribution in [0.2, 0.25) is 5.02 Å². The van der Waals surface area contributed by atoms with Crippen molar-refractivity contribution in [2.45, 2.75) is 42.3 Å². The Morgan fingerprint density at radius 2 is 1.97 bits per heavy atom. The Balaban J connectivity index is 1.66. The predicted octanol–water partition coefficient (Wildman–Crippen LogP) is 3.06. The molecule has 6 atom stereocenters. The van der Waals surface area contributed by atoms with E-state index in [4.69, 9.17) is 16.3 Å². The van der Waals surface area contributed by atoms with Crippen molar-refractivity contribution in [3.8, 4) is 0 Å². The number of carbonyl (C=O) groups excluding carboxylic acids is 3. The summed E-state index contributed by atoms with van der Waals surface area (Å²) in [4.78, 5) is 44.7. The van der Waals surface area contributed by atoms with Crippen LogP contribution in [0.15, 0.2) is 48.6 Å². The first-order chi connectivity index (χ1) is 16.8. The van der Waals surface area contributed by atoms with Crippen LogP contribution in [0.25, 0.3) is 0 Å². The number of nitrogens with zero attached hydrogens (tertiary/aromatic N) is 2. The van der Waals surface area contributed by atoms with Crippen molar-refractivity contribution < 1.29 is 24.2 Å². The number of fused-ring (bicyclic) bond motifs is 2. The van der Waals surface area contributed by atoms with Gasteiger partial charge < -0.3 is 19.6 Å². The van der Waals surface area contributed by atoms with E-state index in [0.717, 1.165) is 0 Å². The quantitative estimate of drug-likeness (QED) is 0.478. The van der Waals surface area contributed by atoms with Gasteiger partial charge in [0.2, 0.25) is 5.91 Å². The first-order valence-electron chi connectivity index (χ1n) is 12.0. The Morgan fingerprint density at radius 1 is 1.20 bits per heavy atom. The number of esters is 1. The van der Waals surface area contributed by atoms with Gasteiger partial charge in [0.05, 0.1) is 39.9 Å². The Hall–Kier alpha value is -2.29. The number of likely N-dealkylation sites (tertiary alicyclic amines) is 1. The molecule has 0 bridgehead atoms. The highest BCUT2D eigenvalue weighted by atomic mass is 35.5. The maximum Gasteiger partial charge on any atom is 0.311 e. The molecule has 2 saturated heterocycles. The molecule has 9 heteroatoms. The molecule has 0 saturated carbocycles. The Kier molecular flexibility index (Phi) is 6.48. The van der Waals surface area contributed by atoms with Crippen LogP contribution in [0, 0.1) is 17.8 Å². The third-order valence-electron chi connectivity index (χ3n) is 7.34. The fourth-order valence-electron chi connectivity index (χ4n) is 6.01. The summed E-state index contributed by atoms with van der Waals surface area (Å²) in [5.41, 5.74) is 0.567. The Morgan fingerprint density at radius 3 is 2.69 bits per heavy atom. The summed E-state index contributed by atoms with van der Waals surface area (Å²) >= 11 is 7.96. The Bertz CT molecular complexity index is 1110. The second kappa shape index (κ2) is 9.30. The average molecular weight is 517 g/mol. The maximum absolute atomic E-state index is 14.3. The molecular weight excluding hydrogens is 488 g/mol. The highest BCUT2D eigenvalue weighted by Gasteiger charge is 2.71. The van der Waals surface area contributed by atoms with Gasteiger partial charge in [-0.25, -0.2) is 0 Å². The van der Waals surface area contributed by atoms with Crippen molar-refractivity contribution in [2.24, 2.45) is 17.8 Å². The van der Waals surface area contributed by atoms with Crippen LogP contribution in [0.5, 0.6) is 0 Å². The second-order valence-corrected chi connectivity index (χ2v) is 11.8. The average Bonchev–Trinajstić information content (AvgIpc) is 3.13. The highest BCUT2D eigenvalue weighted by molar-refractivity contribution is 8.02. The molecule has 0 aromatic heterocycles. The summed E-state index contributed by atoms with van der Waals surface area (Å²) in [5.74, 6) is -2.21. The van der Waals surface area contributed by atoms with Gasteiger partial charge in [-0.05, 0) is 24.5 Å². The van der Waals surface area contributed by atoms with Crippen LogP contribution in [0.1, 0.15) is 20.3 Å². The van der Waals surface area contributed by atoms with Crippen molar-refractivity contribution >= 4 is 46.8 Å². The summed E-state index contributed by atoms with van der Waals surface area (Å²) in [5, 5.41) is 10.5. The molecule has 4 aliphatic rings. The molecule has 5 rings (SSSR count). The van der Waals surface area contributed by atoms with Crippen molar-refractivity contribution in [3.63, 3.8) is 0 Å². The van der Waals surface area contributed by atoms with E-state index in [9.17, 15) is 19.5 Å². The van der Waals surface area contributed by atoms with Crippen LogP contribution < -0.4 is 4.90 Å². The van der Waals surface area contributed by atoms with Crippen LogP contribution in [-0.2, 0) is 19.1 Å². The molecule has 4 aliphatic heterocycles. The number of aliphatic hydroxyl groups is 1. The fraction of sp³-hybridized carbons (Fsp3) is 0.500. The number of carbonyl (C=O) groups is 3. The van der Waals surface area contributed by atoms with Gasteiger partial charge in [0.15, 0.2) is 0 Å². The Labute approximate surface area is 214 Å². The van der Waals surface area contributed by atoms with Crippen LogP contribution in [0.4, 0.5) is 5.69 Å². The monoisotopic (exact) mass is 516 g/mol. The number of aliphatic hydroxyl groups excluding tert-OH is 1. The number of halogens is 1. The molecule has 0 aliphatic carbocycles. The van der Waals surface area contributed by atoms with Gasteiger partial charge in [-0.2, -0.15) is 0 Å². The van der Waals surface area contributed by atoms with E-state index in [2.05, 4.69) is 0 Å². The van der Waals surface area contributed by atoms with Crippen LogP contribution >= 0.6 is 23.4 Å². The topological polar surface area (TPSA) is 87.2 Å². The predicted molar refractivity (Wildman–Crippen MR) is 135 cm³/mol. The van der Waals surface area contributed by atoms with Crippen LogP contribution in [0.3, 0.4) is 0 Å². The molecule has 1 unspecified atom stereocenters. The van der Waals surface area contributed by atoms with Gasteiger partial charge in [-0.1, -0.05) is 61.9 Å². The van der Waals surface area contributed by atoms with E-state index in [1.165, 1.54) is 11.8 Å². The molecule has 2 fully saturated rings. The molecule has 186 valence electrons. The first-order valence-corrected chi connectivity index (χ1v) is 13.2. The zero-order chi connectivity index (χ0) is 24.9. The van der Waals surface area contributed by atoms with Gasteiger partial charge in [-0.15, -0.1) is 11.8 Å². The molecule has 4 heterocycles. The summed E-state index contributed by atoms with van der Waals surface area (Å²) < 4.78 is 4.45. The lowest BCUT2D eigenvalue weighted by Crippen LogP contribution is -2.57. The SMILES string of the molecule is CC(C)C[C@H](CO)N1C(=O)[C@@H]2[C@@H]3C(=O)OCC=C[C@@H]3S[C@@]23C=CCN(c2ccccc2Cl)C(=O)C13. The fourth-order valence-corrected chi connectivity index (χ4v) is 8.23. The van der Waals surface area contributed by atoms with Gasteiger partial charge in [0.1, 0.15) is 12.6 Å². The lowest BCUT2D eigenvalue weighted by atomic mass is 9.78. The van der Waals surface area contributed by atoms with Crippen LogP contribution in [-0.4, -0.2) is 69.6 Å². The third kappa shape index (κ3) is 3.81. The number of cyclic esters (lactones) is 1. The van der Waals surface area contributed by atoms with Crippen molar-refractivity contribution in [1.82, 2.24) is 4.90 Å². The molecule has 1 N–H and O–H groups in total. The molecule has 1 aromatic carbocycles. The summed E-state index contributed by atoms with van der Waals surface area (Å²) in [6, 6.07) is 5.70. The van der Waals surface area contributed by atoms with Crippen molar-refractivity contribution in [3.05, 3.63) is 53.6 Å². The van der Waals surface area contributed by atoms with Gasteiger partial charge in [0, 0.05) is 11.8 Å². The number of hydrogen-bond donors (Lipinski definition) is 1. The minimum atomic E-state index is -0.954. The van der Waals surface area contributed by atoms with E-state index in [-0.39, 0.29) is 36.2 Å². The number of amides is 2. The van der Waals surface area contributed by atoms with Gasteiger partial charge in [-0.3, -0.25) is 14.4 Å². The third-order valence-corrected chi connectivity index (χ3v) is 9.41. The normalized spacial score (nSPS) is 32.8. The minimum Gasteiger partial charge on any atom is -0.461 e.